The zero-order chi connectivity index (χ0) is 18.1. The topological polar surface area (TPSA) is 16.1 Å². The van der Waals surface area contributed by atoms with Gasteiger partial charge in [-0.15, -0.1) is 0 Å². The van der Waals surface area contributed by atoms with Crippen molar-refractivity contribution in [1.82, 2.24) is 0 Å². The predicted octanol–water partition coefficient (Wildman–Crippen LogP) is 6.23. The summed E-state index contributed by atoms with van der Waals surface area (Å²) < 4.78 is 2.26. The Kier molecular flexibility index (Phi) is 4.28. The second-order valence-corrected chi connectivity index (χ2v) is 8.32. The van der Waals surface area contributed by atoms with Crippen molar-refractivity contribution < 1.29 is 4.40 Å². The first-order valence-corrected chi connectivity index (χ1v) is 10.4. The van der Waals surface area contributed by atoms with Crippen LogP contribution in [-0.2, 0) is 0 Å². The number of nitrogens with zero attached hydrogens (tertiary/aromatic N) is 1. The molecule has 0 atom stereocenters. The summed E-state index contributed by atoms with van der Waals surface area (Å²) in [6.07, 6.45) is 8.58. The zero-order valence-corrected chi connectivity index (χ0v) is 16.1. The average molecular weight is 386 g/mol. The van der Waals surface area contributed by atoms with Gasteiger partial charge in [0.25, 0.3) is 5.01 Å². The average Bonchev–Trinajstić information content (AvgIpc) is 3.30. The monoisotopic (exact) mass is 385 g/mol. The molecule has 1 N–H and O–H groups in total. The minimum atomic E-state index is 1.15. The summed E-state index contributed by atoms with van der Waals surface area (Å²) in [7, 11) is 0. The molecule has 130 valence electrons. The largest absolute Gasteiger partial charge is 0.349 e. The van der Waals surface area contributed by atoms with Crippen LogP contribution in [0.3, 0.4) is 0 Å². The first-order chi connectivity index (χ1) is 13.4. The van der Waals surface area contributed by atoms with Crippen LogP contribution in [0.25, 0.3) is 22.0 Å². The van der Waals surface area contributed by atoms with E-state index in [9.17, 15) is 0 Å². The van der Waals surface area contributed by atoms with Crippen molar-refractivity contribution >= 4 is 40.4 Å². The second-order valence-electron chi connectivity index (χ2n) is 6.20. The van der Waals surface area contributed by atoms with Crippen LogP contribution in [-0.4, -0.2) is 0 Å². The minimum absolute atomic E-state index is 1.15. The Morgan fingerprint density at radius 3 is 2.56 bits per heavy atom. The normalized spacial score (nSPS) is 14.7. The van der Waals surface area contributed by atoms with Crippen molar-refractivity contribution in [2.24, 2.45) is 0 Å². The predicted molar refractivity (Wildman–Crippen MR) is 116 cm³/mol. The fraction of sp³-hybridized carbons (Fsp3) is 0. The third-order valence-corrected chi connectivity index (χ3v) is 6.65. The third kappa shape index (κ3) is 3.18. The van der Waals surface area contributed by atoms with Gasteiger partial charge in [-0.25, -0.2) is 0 Å². The molecule has 0 bridgehead atoms. The van der Waals surface area contributed by atoms with Crippen molar-refractivity contribution in [2.75, 3.05) is 5.32 Å². The highest BCUT2D eigenvalue weighted by Gasteiger charge is 2.18. The molecule has 1 aliphatic rings. The number of aromatic nitrogens is 1. The molecular weight excluding hydrogens is 368 g/mol. The Bertz CT molecular complexity index is 1150. The van der Waals surface area contributed by atoms with Crippen molar-refractivity contribution in [3.8, 4) is 10.4 Å². The molecule has 1 aliphatic heterocycles. The number of thioether (sulfide) groups is 1. The van der Waals surface area contributed by atoms with Crippen LogP contribution < -0.4 is 9.72 Å². The van der Waals surface area contributed by atoms with E-state index in [2.05, 4.69) is 107 Å². The maximum absolute atomic E-state index is 3.46. The van der Waals surface area contributed by atoms with Gasteiger partial charge < -0.3 is 5.32 Å². The van der Waals surface area contributed by atoms with E-state index in [-0.39, 0.29) is 0 Å². The number of pyridine rings is 1. The van der Waals surface area contributed by atoms with E-state index in [4.69, 9.17) is 0 Å². The molecule has 0 radical (unpaired) electrons. The highest BCUT2D eigenvalue weighted by Crippen LogP contribution is 2.40. The lowest BCUT2D eigenvalue weighted by molar-refractivity contribution is -0.508. The van der Waals surface area contributed by atoms with Crippen molar-refractivity contribution in [3.63, 3.8) is 0 Å². The third-order valence-electron chi connectivity index (χ3n) is 4.42. The lowest BCUT2D eigenvalue weighted by atomic mass is 10.2. The standard InChI is InChI=1S/C23H16N2S2/c1-2-9-17(10-3-1)23-19-12-6-7-16-25(19)22(27-23)15-8-14-21-24-18-11-4-5-13-20(18)26-21/h1-16H/p+1. The molecule has 0 aliphatic carbocycles. The maximum Gasteiger partial charge on any atom is 0.268 e. The summed E-state index contributed by atoms with van der Waals surface area (Å²) in [4.78, 5) is 2.57. The van der Waals surface area contributed by atoms with E-state index in [1.54, 1.807) is 11.8 Å². The van der Waals surface area contributed by atoms with Crippen LogP contribution in [0.15, 0.2) is 101 Å². The maximum atomic E-state index is 3.46. The van der Waals surface area contributed by atoms with E-state index < -0.39 is 0 Å². The van der Waals surface area contributed by atoms with Gasteiger partial charge >= 0.3 is 0 Å². The van der Waals surface area contributed by atoms with Gasteiger partial charge in [-0.05, 0) is 29.8 Å². The number of para-hydroxylation sites is 1. The van der Waals surface area contributed by atoms with Crippen LogP contribution in [0.5, 0.6) is 0 Å². The van der Waals surface area contributed by atoms with Crippen LogP contribution in [0, 0.1) is 0 Å². The molecule has 4 aromatic rings. The summed E-state index contributed by atoms with van der Waals surface area (Å²) in [5.74, 6) is 0. The Balaban J connectivity index is 1.48. The number of nitrogens with one attached hydrogen (secondary N) is 1. The highest BCUT2D eigenvalue weighted by atomic mass is 32.2. The van der Waals surface area contributed by atoms with Crippen LogP contribution >= 0.6 is 23.1 Å². The lowest BCUT2D eigenvalue weighted by Crippen LogP contribution is -2.20. The molecule has 4 heteroatoms. The van der Waals surface area contributed by atoms with E-state index >= 15 is 0 Å². The number of hydrogen-bond acceptors (Lipinski definition) is 3. The smallest absolute Gasteiger partial charge is 0.268 e. The number of hydrogen-bond donors (Lipinski definition) is 1. The molecular formula is C23H17N2S2+. The minimum Gasteiger partial charge on any atom is -0.349 e. The van der Waals surface area contributed by atoms with Crippen LogP contribution in [0.4, 0.5) is 5.69 Å². The number of thiazole rings is 1. The number of anilines is 1. The molecule has 0 saturated heterocycles. The number of fused-ring (bicyclic) bond motifs is 2. The fourth-order valence-electron chi connectivity index (χ4n) is 3.17. The lowest BCUT2D eigenvalue weighted by Gasteiger charge is -1.95. The molecule has 0 spiro atoms. The Morgan fingerprint density at radius 2 is 1.67 bits per heavy atom. The van der Waals surface area contributed by atoms with Crippen molar-refractivity contribution in [2.45, 2.75) is 4.90 Å². The molecule has 5 rings (SSSR count). The fourth-order valence-corrected chi connectivity index (χ4v) is 5.22. The Hall–Kier alpha value is -2.82. The van der Waals surface area contributed by atoms with Gasteiger partial charge in [-0.2, -0.15) is 4.40 Å². The van der Waals surface area contributed by atoms with Crippen molar-refractivity contribution in [1.29, 1.82) is 0 Å². The zero-order valence-electron chi connectivity index (χ0n) is 14.5. The molecule has 0 saturated carbocycles. The van der Waals surface area contributed by atoms with Gasteiger partial charge in [0.2, 0.25) is 5.52 Å². The number of benzene rings is 2. The second kappa shape index (κ2) is 7.06. The first kappa shape index (κ1) is 16.4. The SMILES string of the molecule is C(=Cc1sc(-c2ccccc2)c2cccc[n+]12)C=C1Nc2ccccc2S1. The van der Waals surface area contributed by atoms with Gasteiger partial charge in [-0.3, -0.25) is 0 Å². The van der Waals surface area contributed by atoms with E-state index in [0.717, 1.165) is 5.03 Å². The quantitative estimate of drug-likeness (QED) is 0.421. The molecule has 2 aromatic carbocycles. The molecule has 0 fully saturated rings. The molecule has 3 heterocycles. The van der Waals surface area contributed by atoms with E-state index in [1.807, 2.05) is 11.3 Å². The van der Waals surface area contributed by atoms with Gasteiger partial charge in [-0.1, -0.05) is 71.6 Å². The highest BCUT2D eigenvalue weighted by molar-refractivity contribution is 8.03. The summed E-state index contributed by atoms with van der Waals surface area (Å²) in [6, 6.07) is 25.3. The van der Waals surface area contributed by atoms with E-state index in [1.165, 1.54) is 31.5 Å². The number of rotatable bonds is 3. The summed E-state index contributed by atoms with van der Waals surface area (Å²) >= 11 is 3.59. The molecule has 0 amide bonds. The van der Waals surface area contributed by atoms with Gasteiger partial charge in [0.1, 0.15) is 4.88 Å². The van der Waals surface area contributed by atoms with Crippen LogP contribution in [0.1, 0.15) is 5.01 Å². The first-order valence-electron chi connectivity index (χ1n) is 8.79. The van der Waals surface area contributed by atoms with Crippen LogP contribution in [0.2, 0.25) is 0 Å². The number of allylic oxidation sites excluding steroid dienone is 2. The Morgan fingerprint density at radius 1 is 0.852 bits per heavy atom. The molecule has 2 aromatic heterocycles. The van der Waals surface area contributed by atoms with Gasteiger partial charge in [0.15, 0.2) is 6.20 Å². The van der Waals surface area contributed by atoms with Gasteiger partial charge in [0.05, 0.1) is 10.7 Å². The van der Waals surface area contributed by atoms with E-state index in [0.29, 0.717) is 0 Å². The van der Waals surface area contributed by atoms with Gasteiger partial charge in [0, 0.05) is 23.1 Å². The summed E-state index contributed by atoms with van der Waals surface area (Å²) in [5, 5.41) is 5.82. The molecule has 2 nitrogen and oxygen atoms in total. The Labute approximate surface area is 166 Å². The molecule has 0 unspecified atom stereocenters. The summed E-state index contributed by atoms with van der Waals surface area (Å²) in [6.45, 7) is 0. The molecule has 27 heavy (non-hydrogen) atoms. The van der Waals surface area contributed by atoms with Crippen molar-refractivity contribution in [3.05, 3.63) is 101 Å². The summed E-state index contributed by atoms with van der Waals surface area (Å²) in [5.41, 5.74) is 3.68.